The highest BCUT2D eigenvalue weighted by Gasteiger charge is 2.59. The Bertz CT molecular complexity index is 1370. The van der Waals surface area contributed by atoms with E-state index in [1.807, 2.05) is 0 Å². The normalized spacial score (nSPS) is 30.6. The van der Waals surface area contributed by atoms with Crippen LogP contribution in [0.5, 0.6) is 0 Å². The number of rotatable bonds is 34. The van der Waals surface area contributed by atoms with E-state index in [4.69, 9.17) is 23.7 Å². The van der Waals surface area contributed by atoms with Gasteiger partial charge >= 0.3 is 0 Å². The molecule has 0 N–H and O–H groups in total. The second-order valence-corrected chi connectivity index (χ2v) is 24.1. The van der Waals surface area contributed by atoms with Crippen molar-refractivity contribution in [3.63, 3.8) is 0 Å². The van der Waals surface area contributed by atoms with E-state index in [0.717, 1.165) is 87.8 Å². The first-order valence-corrected chi connectivity index (χ1v) is 29.2. The van der Waals surface area contributed by atoms with Crippen LogP contribution in [-0.4, -0.2) is 89.6 Å². The molecule has 1 spiro atoms. The minimum Gasteiger partial charge on any atom is -0.380 e. The smallest absolute Gasteiger partial charge is 0.0936 e. The topological polar surface area (TPSA) is 49.4 Å². The van der Waals surface area contributed by atoms with E-state index in [-0.39, 0.29) is 6.10 Å². The highest BCUT2D eigenvalue weighted by atomic mass is 16.6. The summed E-state index contributed by atoms with van der Waals surface area (Å²) in [5.41, 5.74) is 3.13. The molecule has 66 heavy (non-hydrogen) atoms. The molecule has 0 aromatic rings. The summed E-state index contributed by atoms with van der Waals surface area (Å²) in [5.74, 6) is 5.42. The third-order valence-electron chi connectivity index (χ3n) is 19.0. The van der Waals surface area contributed by atoms with Crippen molar-refractivity contribution in [1.82, 2.24) is 4.90 Å². The maximum atomic E-state index is 6.56. The quantitative estimate of drug-likeness (QED) is 0.0473. The van der Waals surface area contributed by atoms with Gasteiger partial charge in [0.05, 0.1) is 58.5 Å². The molecule has 6 nitrogen and oxygen atoms in total. The van der Waals surface area contributed by atoms with Gasteiger partial charge in [-0.25, -0.2) is 0 Å². The third-order valence-corrected chi connectivity index (χ3v) is 19.0. The Balaban J connectivity index is 0.829. The fourth-order valence-electron chi connectivity index (χ4n) is 14.7. The van der Waals surface area contributed by atoms with Crippen LogP contribution in [0.3, 0.4) is 0 Å². The van der Waals surface area contributed by atoms with E-state index in [1.165, 1.54) is 167 Å². The van der Waals surface area contributed by atoms with Crippen LogP contribution < -0.4 is 0 Å². The molecule has 6 rings (SSSR count). The van der Waals surface area contributed by atoms with Crippen molar-refractivity contribution < 1.29 is 23.7 Å². The zero-order valence-corrected chi connectivity index (χ0v) is 44.4. The molecule has 382 valence electrons. The van der Waals surface area contributed by atoms with Crippen LogP contribution in [0.25, 0.3) is 0 Å². The van der Waals surface area contributed by atoms with E-state index < -0.39 is 0 Å². The average Bonchev–Trinajstić information content (AvgIpc) is 3.66. The lowest BCUT2D eigenvalue weighted by atomic mass is 9.47. The Morgan fingerprint density at radius 1 is 0.712 bits per heavy atom. The van der Waals surface area contributed by atoms with Gasteiger partial charge in [0.2, 0.25) is 0 Å². The van der Waals surface area contributed by atoms with E-state index in [9.17, 15) is 0 Å². The molecular formula is C60H107NO5. The van der Waals surface area contributed by atoms with Gasteiger partial charge in [0.1, 0.15) is 0 Å². The number of allylic oxidation sites excluding steroid dienone is 3. The Morgan fingerprint density at radius 3 is 2.12 bits per heavy atom. The van der Waals surface area contributed by atoms with Crippen molar-refractivity contribution in [3.8, 4) is 0 Å². The standard InChI is InChI=1S/C60H107NO5/c1-7-9-10-11-12-13-14-15-16-17-18-19-20-21-22-23-39-63-46-53(45-61-37-35-60(36-38-61)47-64-48-60)66-43-41-62-40-42-65-52-31-33-58(5)51(44-52)27-28-54-56-30-29-55(59(56,6)34-32-57(54)58)50(8-2)26-24-25-49(3)4/h15-16,27,49-50,52-57H,7-14,17-26,28-48H2,1-6H3/b16-15-/t50?,52?,53?,54?,55?,56?,57-,58?,59?/m0/s1. The fourth-order valence-corrected chi connectivity index (χ4v) is 14.7. The SMILES string of the molecule is CCCCCCCC/C=C\CCCCCCCCOCC(CN1CCC2(CC1)COC2)OCCOCCOC1CCC2(C)C(=CCC3C4CCC(C(CC)CCCC(C)C)C4(C)CC[C@@H]32)C1. The number of ether oxygens (including phenoxy) is 5. The number of nitrogens with zero attached hydrogens (tertiary/aromatic N) is 1. The van der Waals surface area contributed by atoms with Crippen LogP contribution in [0.2, 0.25) is 0 Å². The van der Waals surface area contributed by atoms with Crippen molar-refractivity contribution in [2.45, 2.75) is 234 Å². The molecule has 0 aromatic carbocycles. The lowest BCUT2D eigenvalue weighted by Gasteiger charge is -2.58. The van der Waals surface area contributed by atoms with Gasteiger partial charge in [-0.05, 0) is 156 Å². The van der Waals surface area contributed by atoms with Crippen molar-refractivity contribution in [2.24, 2.45) is 51.8 Å². The molecule has 2 aliphatic heterocycles. The molecule has 0 radical (unpaired) electrons. The monoisotopic (exact) mass is 922 g/mol. The molecule has 9 atom stereocenters. The Hall–Kier alpha value is -0.760. The summed E-state index contributed by atoms with van der Waals surface area (Å²) in [5, 5.41) is 0. The number of likely N-dealkylation sites (tertiary alicyclic amines) is 1. The van der Waals surface area contributed by atoms with Crippen LogP contribution in [-0.2, 0) is 23.7 Å². The van der Waals surface area contributed by atoms with E-state index in [1.54, 1.807) is 5.57 Å². The van der Waals surface area contributed by atoms with E-state index >= 15 is 0 Å². The lowest BCUT2D eigenvalue weighted by molar-refractivity contribution is -0.143. The van der Waals surface area contributed by atoms with Crippen LogP contribution in [0, 0.1) is 51.8 Å². The second kappa shape index (κ2) is 28.9. The number of hydrogen-bond acceptors (Lipinski definition) is 6. The maximum absolute atomic E-state index is 6.56. The second-order valence-electron chi connectivity index (χ2n) is 24.1. The Labute approximate surface area is 408 Å². The summed E-state index contributed by atoms with van der Waals surface area (Å²) in [7, 11) is 0. The minimum atomic E-state index is 0.0893. The van der Waals surface area contributed by atoms with Crippen molar-refractivity contribution in [1.29, 1.82) is 0 Å². The first-order chi connectivity index (χ1) is 32.2. The minimum absolute atomic E-state index is 0.0893. The summed E-state index contributed by atoms with van der Waals surface area (Å²) < 4.78 is 31.0. The van der Waals surface area contributed by atoms with Gasteiger partial charge in [0.25, 0.3) is 0 Å². The van der Waals surface area contributed by atoms with Crippen LogP contribution in [0.1, 0.15) is 221 Å². The average molecular weight is 923 g/mol. The Morgan fingerprint density at radius 2 is 1.42 bits per heavy atom. The molecular weight excluding hydrogens is 815 g/mol. The molecule has 0 aromatic heterocycles. The van der Waals surface area contributed by atoms with Gasteiger partial charge in [-0.1, -0.05) is 149 Å². The van der Waals surface area contributed by atoms with Crippen molar-refractivity contribution >= 4 is 0 Å². The van der Waals surface area contributed by atoms with Crippen molar-refractivity contribution in [2.75, 3.05) is 72.5 Å². The first kappa shape index (κ1) is 54.6. The highest BCUT2D eigenvalue weighted by molar-refractivity contribution is 5.25. The van der Waals surface area contributed by atoms with Crippen LogP contribution >= 0.6 is 0 Å². The van der Waals surface area contributed by atoms with Gasteiger partial charge in [-0.15, -0.1) is 0 Å². The van der Waals surface area contributed by atoms with Gasteiger partial charge in [-0.2, -0.15) is 0 Å². The molecule has 6 heteroatoms. The number of fused-ring (bicyclic) bond motifs is 5. The summed E-state index contributed by atoms with van der Waals surface area (Å²) in [6, 6.07) is 0. The largest absolute Gasteiger partial charge is 0.380 e. The molecule has 8 unspecified atom stereocenters. The highest BCUT2D eigenvalue weighted by Crippen LogP contribution is 2.67. The fraction of sp³-hybridized carbons (Fsp3) is 0.933. The molecule has 0 bridgehead atoms. The molecule has 2 heterocycles. The van der Waals surface area contributed by atoms with E-state index in [2.05, 4.69) is 64.7 Å². The summed E-state index contributed by atoms with van der Waals surface area (Å²) in [4.78, 5) is 2.60. The molecule has 2 saturated heterocycles. The number of unbranched alkanes of at least 4 members (excludes halogenated alkanes) is 12. The zero-order chi connectivity index (χ0) is 46.5. The summed E-state index contributed by atoms with van der Waals surface area (Å²) in [6.45, 7) is 24.2. The lowest BCUT2D eigenvalue weighted by Crippen LogP contribution is -2.52. The number of hydrogen-bond donors (Lipinski definition) is 0. The van der Waals surface area contributed by atoms with Crippen molar-refractivity contribution in [3.05, 3.63) is 23.8 Å². The first-order valence-electron chi connectivity index (χ1n) is 29.2. The van der Waals surface area contributed by atoms with Gasteiger partial charge in [0, 0.05) is 18.6 Å². The van der Waals surface area contributed by atoms with Crippen LogP contribution in [0.4, 0.5) is 0 Å². The Kier molecular flexibility index (Phi) is 23.9. The predicted octanol–water partition coefficient (Wildman–Crippen LogP) is 15.4. The molecule has 4 aliphatic carbocycles. The van der Waals surface area contributed by atoms with Gasteiger partial charge in [0.15, 0.2) is 0 Å². The molecule has 0 amide bonds. The zero-order valence-electron chi connectivity index (χ0n) is 44.4. The summed E-state index contributed by atoms with van der Waals surface area (Å²) >= 11 is 0. The van der Waals surface area contributed by atoms with Gasteiger partial charge < -0.3 is 28.6 Å². The maximum Gasteiger partial charge on any atom is 0.0936 e. The predicted molar refractivity (Wildman–Crippen MR) is 277 cm³/mol. The third kappa shape index (κ3) is 16.1. The molecule has 5 fully saturated rings. The van der Waals surface area contributed by atoms with E-state index in [0.29, 0.717) is 55.4 Å². The van der Waals surface area contributed by atoms with Gasteiger partial charge in [-0.3, -0.25) is 0 Å². The van der Waals surface area contributed by atoms with Crippen LogP contribution in [0.15, 0.2) is 23.8 Å². The molecule has 6 aliphatic rings. The number of piperidine rings is 1. The molecule has 3 saturated carbocycles. The summed E-state index contributed by atoms with van der Waals surface area (Å²) in [6.07, 6.45) is 45.7.